The van der Waals surface area contributed by atoms with Gasteiger partial charge < -0.3 is 9.88 Å². The summed E-state index contributed by atoms with van der Waals surface area (Å²) in [7, 11) is 0. The van der Waals surface area contributed by atoms with Crippen molar-refractivity contribution < 1.29 is 4.79 Å². The van der Waals surface area contributed by atoms with Gasteiger partial charge in [-0.1, -0.05) is 53.1 Å². The lowest BCUT2D eigenvalue weighted by Gasteiger charge is -2.13. The first-order valence-electron chi connectivity index (χ1n) is 12.2. The highest BCUT2D eigenvalue weighted by atomic mass is 35.5. The van der Waals surface area contributed by atoms with E-state index in [0.717, 1.165) is 41.3 Å². The van der Waals surface area contributed by atoms with Crippen LogP contribution in [-0.2, 0) is 17.9 Å². The van der Waals surface area contributed by atoms with Crippen LogP contribution in [0.4, 0.5) is 0 Å². The second-order valence-corrected chi connectivity index (χ2v) is 9.69. The number of rotatable bonds is 7. The average Bonchev–Trinajstić information content (AvgIpc) is 3.16. The number of hydrogen-bond donors (Lipinski definition) is 1. The average molecular weight is 489 g/mol. The Hall–Kier alpha value is -3.38. The number of hydrogen-bond acceptors (Lipinski definition) is 3. The van der Waals surface area contributed by atoms with Crippen molar-refractivity contribution in [1.29, 1.82) is 0 Å². The molecule has 1 aliphatic carbocycles. The summed E-state index contributed by atoms with van der Waals surface area (Å²) in [5.41, 5.74) is 5.03. The van der Waals surface area contributed by atoms with E-state index in [9.17, 15) is 9.59 Å². The second kappa shape index (κ2) is 10.1. The number of benzene rings is 2. The van der Waals surface area contributed by atoms with E-state index in [1.165, 1.54) is 18.4 Å². The molecule has 0 spiro atoms. The summed E-state index contributed by atoms with van der Waals surface area (Å²) in [4.78, 5) is 31.2. The highest BCUT2D eigenvalue weighted by Gasteiger charge is 2.19. The molecular formula is C28H29ClN4O2. The number of nitrogens with zero attached hydrogens (tertiary/aromatic N) is 3. The van der Waals surface area contributed by atoms with Gasteiger partial charge in [0.15, 0.2) is 0 Å². The van der Waals surface area contributed by atoms with Gasteiger partial charge in [-0.3, -0.25) is 14.2 Å². The lowest BCUT2D eigenvalue weighted by atomic mass is 9.97. The van der Waals surface area contributed by atoms with E-state index in [0.29, 0.717) is 29.1 Å². The Labute approximate surface area is 209 Å². The van der Waals surface area contributed by atoms with Gasteiger partial charge in [-0.2, -0.15) is 0 Å². The predicted octanol–water partition coefficient (Wildman–Crippen LogP) is 5.37. The Morgan fingerprint density at radius 3 is 2.83 bits per heavy atom. The molecule has 0 atom stereocenters. The van der Waals surface area contributed by atoms with Crippen molar-refractivity contribution in [3.8, 4) is 0 Å². The first-order valence-corrected chi connectivity index (χ1v) is 12.5. The molecule has 6 nitrogen and oxygen atoms in total. The van der Waals surface area contributed by atoms with Gasteiger partial charge in [0.2, 0.25) is 5.91 Å². The molecule has 7 heteroatoms. The molecule has 0 unspecified atom stereocenters. The van der Waals surface area contributed by atoms with Gasteiger partial charge in [-0.05, 0) is 62.8 Å². The smallest absolute Gasteiger partial charge is 0.278 e. The van der Waals surface area contributed by atoms with Crippen LogP contribution in [0.15, 0.2) is 65.2 Å². The van der Waals surface area contributed by atoms with E-state index >= 15 is 0 Å². The fourth-order valence-electron chi connectivity index (χ4n) is 4.89. The summed E-state index contributed by atoms with van der Waals surface area (Å²) in [5.74, 6) is -0.110. The topological polar surface area (TPSA) is 68.9 Å². The third kappa shape index (κ3) is 4.89. The maximum Gasteiger partial charge on any atom is 0.278 e. The molecule has 1 N–H and O–H groups in total. The van der Waals surface area contributed by atoms with Crippen LogP contribution in [0.5, 0.6) is 0 Å². The van der Waals surface area contributed by atoms with Crippen molar-refractivity contribution in [2.24, 2.45) is 0 Å². The van der Waals surface area contributed by atoms with Crippen LogP contribution in [0.25, 0.3) is 21.9 Å². The number of carbonyl (C=O) groups is 1. The molecule has 0 bridgehead atoms. The van der Waals surface area contributed by atoms with Gasteiger partial charge in [0.1, 0.15) is 17.6 Å². The third-order valence-corrected chi connectivity index (χ3v) is 7.10. The normalized spacial score (nSPS) is 13.8. The van der Waals surface area contributed by atoms with Gasteiger partial charge in [0.25, 0.3) is 5.56 Å². The van der Waals surface area contributed by atoms with Gasteiger partial charge in [-0.15, -0.1) is 0 Å². The molecule has 2 heterocycles. The van der Waals surface area contributed by atoms with Crippen molar-refractivity contribution >= 4 is 39.4 Å². The lowest BCUT2D eigenvalue weighted by molar-refractivity contribution is -0.121. The minimum absolute atomic E-state index is 0.0646. The van der Waals surface area contributed by atoms with E-state index in [1.807, 2.05) is 43.3 Å². The maximum atomic E-state index is 13.6. The van der Waals surface area contributed by atoms with Crippen LogP contribution in [0.1, 0.15) is 43.2 Å². The molecule has 180 valence electrons. The van der Waals surface area contributed by atoms with Crippen molar-refractivity contribution in [3.05, 3.63) is 86.9 Å². The largest absolute Gasteiger partial charge is 0.354 e. The minimum atomic E-state index is -0.191. The van der Waals surface area contributed by atoms with E-state index in [4.69, 9.17) is 11.6 Å². The Bertz CT molecular complexity index is 1500. The zero-order chi connectivity index (χ0) is 24.4. The number of aryl methyl sites for hydroxylation is 1. The van der Waals surface area contributed by atoms with Crippen molar-refractivity contribution in [3.63, 3.8) is 0 Å². The van der Waals surface area contributed by atoms with Gasteiger partial charge in [0, 0.05) is 17.0 Å². The fourth-order valence-corrected chi connectivity index (χ4v) is 5.09. The molecule has 0 fully saturated rings. The molecule has 0 saturated carbocycles. The maximum absolute atomic E-state index is 13.6. The van der Waals surface area contributed by atoms with E-state index in [1.54, 1.807) is 21.5 Å². The monoisotopic (exact) mass is 488 g/mol. The van der Waals surface area contributed by atoms with Gasteiger partial charge >= 0.3 is 0 Å². The SMILES string of the molecule is Cc1ccc2c(c1)c1ncn(Cc3ccccc3Cl)c(=O)c1n2CC(=O)NCCC1=CCCCC1. The fraction of sp³-hybridized carbons (Fsp3) is 0.321. The highest BCUT2D eigenvalue weighted by Crippen LogP contribution is 2.27. The summed E-state index contributed by atoms with van der Waals surface area (Å²) in [6.07, 6.45) is 9.50. The predicted molar refractivity (Wildman–Crippen MR) is 141 cm³/mol. The molecule has 0 aliphatic heterocycles. The van der Waals surface area contributed by atoms with Crippen molar-refractivity contribution in [1.82, 2.24) is 19.4 Å². The number of aromatic nitrogens is 3. The molecule has 4 aromatic rings. The molecular weight excluding hydrogens is 460 g/mol. The summed E-state index contributed by atoms with van der Waals surface area (Å²) in [6, 6.07) is 13.4. The van der Waals surface area contributed by atoms with Crippen LogP contribution in [0, 0.1) is 6.92 Å². The summed E-state index contributed by atoms with van der Waals surface area (Å²) in [6.45, 7) is 2.99. The standard InChI is InChI=1S/C28H29ClN4O2/c1-19-11-12-24-22(15-19)26-27(28(35)32(18-31-26)16-21-9-5-6-10-23(21)29)33(24)17-25(34)30-14-13-20-7-3-2-4-8-20/h5-7,9-12,15,18H,2-4,8,13-14,16-17H2,1H3,(H,30,34). The summed E-state index contributed by atoms with van der Waals surface area (Å²) < 4.78 is 3.36. The Morgan fingerprint density at radius 2 is 2.03 bits per heavy atom. The quantitative estimate of drug-likeness (QED) is 0.356. The minimum Gasteiger partial charge on any atom is -0.354 e. The van der Waals surface area contributed by atoms with Crippen molar-refractivity contribution in [2.75, 3.05) is 6.54 Å². The molecule has 1 aliphatic rings. The van der Waals surface area contributed by atoms with Crippen molar-refractivity contribution in [2.45, 2.75) is 52.1 Å². The Kier molecular flexibility index (Phi) is 6.73. The first kappa shape index (κ1) is 23.4. The van der Waals surface area contributed by atoms with Crippen LogP contribution < -0.4 is 10.9 Å². The number of allylic oxidation sites excluding steroid dienone is 1. The van der Waals surface area contributed by atoms with Crippen LogP contribution in [0.2, 0.25) is 5.02 Å². The molecule has 35 heavy (non-hydrogen) atoms. The Balaban J connectivity index is 1.48. The zero-order valence-electron chi connectivity index (χ0n) is 19.9. The first-order chi connectivity index (χ1) is 17.0. The van der Waals surface area contributed by atoms with Crippen LogP contribution in [-0.4, -0.2) is 26.6 Å². The molecule has 1 amide bonds. The highest BCUT2D eigenvalue weighted by molar-refractivity contribution is 6.31. The second-order valence-electron chi connectivity index (χ2n) is 9.28. The van der Waals surface area contributed by atoms with E-state index in [2.05, 4.69) is 16.4 Å². The zero-order valence-corrected chi connectivity index (χ0v) is 20.6. The van der Waals surface area contributed by atoms with Gasteiger partial charge in [0.05, 0.1) is 18.4 Å². The number of amides is 1. The number of fused-ring (bicyclic) bond motifs is 3. The Morgan fingerprint density at radius 1 is 1.17 bits per heavy atom. The van der Waals surface area contributed by atoms with Crippen LogP contribution in [0.3, 0.4) is 0 Å². The van der Waals surface area contributed by atoms with E-state index in [-0.39, 0.29) is 18.0 Å². The van der Waals surface area contributed by atoms with E-state index < -0.39 is 0 Å². The van der Waals surface area contributed by atoms with Crippen LogP contribution >= 0.6 is 11.6 Å². The molecule has 5 rings (SSSR count). The van der Waals surface area contributed by atoms with Gasteiger partial charge in [-0.25, -0.2) is 4.98 Å². The summed E-state index contributed by atoms with van der Waals surface area (Å²) in [5, 5.41) is 4.52. The molecule has 0 saturated heterocycles. The lowest BCUT2D eigenvalue weighted by Crippen LogP contribution is -2.30. The molecule has 2 aromatic carbocycles. The molecule has 0 radical (unpaired) electrons. The third-order valence-electron chi connectivity index (χ3n) is 6.74. The number of halogens is 1. The summed E-state index contributed by atoms with van der Waals surface area (Å²) >= 11 is 6.33. The number of carbonyl (C=O) groups excluding carboxylic acids is 1. The number of nitrogens with one attached hydrogen (secondary N) is 1. The molecule has 2 aromatic heterocycles.